The van der Waals surface area contributed by atoms with Gasteiger partial charge in [-0.05, 0) is 115 Å². The minimum atomic E-state index is -4.27. The number of anilines is 1. The maximum absolute atomic E-state index is 13.5. The minimum absolute atomic E-state index is 0.142. The number of hydrogen-bond donors (Lipinski definition) is 0. The molecule has 4 heteroatoms. The maximum Gasteiger partial charge on any atom is 0.416 e. The molecule has 1 heterocycles. The predicted molar refractivity (Wildman–Crippen MR) is 125 cm³/mol. The zero-order valence-electron chi connectivity index (χ0n) is 19.2. The van der Waals surface area contributed by atoms with Gasteiger partial charge in [-0.25, -0.2) is 0 Å². The zero-order chi connectivity index (χ0) is 22.5. The van der Waals surface area contributed by atoms with Crippen LogP contribution in [0.3, 0.4) is 0 Å². The van der Waals surface area contributed by atoms with Gasteiger partial charge in [-0.3, -0.25) is 0 Å². The fourth-order valence-corrected chi connectivity index (χ4v) is 5.41. The van der Waals surface area contributed by atoms with Gasteiger partial charge >= 0.3 is 6.18 Å². The summed E-state index contributed by atoms with van der Waals surface area (Å²) in [5.41, 5.74) is 5.53. The Hall–Kier alpha value is -1.97. The van der Waals surface area contributed by atoms with E-state index in [9.17, 15) is 13.2 Å². The van der Waals surface area contributed by atoms with E-state index in [0.717, 1.165) is 62.2 Å². The molecule has 2 aromatic carbocycles. The maximum atomic E-state index is 13.5. The fourth-order valence-electron chi connectivity index (χ4n) is 5.41. The van der Waals surface area contributed by atoms with Crippen LogP contribution in [-0.2, 0) is 12.6 Å². The van der Waals surface area contributed by atoms with Crippen LogP contribution in [0, 0.1) is 5.92 Å². The van der Waals surface area contributed by atoms with Gasteiger partial charge in [0.2, 0.25) is 0 Å². The van der Waals surface area contributed by atoms with Crippen molar-refractivity contribution in [3.8, 4) is 0 Å². The Kier molecular flexibility index (Phi) is 5.75. The van der Waals surface area contributed by atoms with E-state index in [1.165, 1.54) is 41.8 Å². The summed E-state index contributed by atoms with van der Waals surface area (Å²) in [5, 5.41) is 0. The van der Waals surface area contributed by atoms with Gasteiger partial charge in [0.25, 0.3) is 0 Å². The van der Waals surface area contributed by atoms with Crippen molar-refractivity contribution in [3.05, 3.63) is 64.2 Å². The molecular weight excluding hydrogens is 407 g/mol. The minimum Gasteiger partial charge on any atom is -0.371 e. The number of benzene rings is 2. The number of hydrogen-bond acceptors (Lipinski definition) is 1. The molecule has 2 unspecified atom stereocenters. The largest absolute Gasteiger partial charge is 0.416 e. The Labute approximate surface area is 190 Å². The second kappa shape index (κ2) is 8.43. The van der Waals surface area contributed by atoms with E-state index in [1.807, 2.05) is 0 Å². The molecule has 0 spiro atoms. The third-order valence-corrected chi connectivity index (χ3v) is 7.72. The lowest BCUT2D eigenvalue weighted by Gasteiger charge is -2.22. The molecule has 3 aliphatic rings. The van der Waals surface area contributed by atoms with Crippen molar-refractivity contribution < 1.29 is 13.2 Å². The molecule has 0 N–H and O–H groups in total. The Morgan fingerprint density at radius 1 is 0.906 bits per heavy atom. The monoisotopic (exact) mass is 441 g/mol. The zero-order valence-corrected chi connectivity index (χ0v) is 19.2. The molecule has 2 atom stereocenters. The summed E-state index contributed by atoms with van der Waals surface area (Å²) in [7, 11) is 0. The molecule has 1 saturated heterocycles. The van der Waals surface area contributed by atoms with Gasteiger partial charge in [0, 0.05) is 18.8 Å². The van der Waals surface area contributed by atoms with Crippen LogP contribution >= 0.6 is 0 Å². The van der Waals surface area contributed by atoms with Crippen LogP contribution in [0.15, 0.2) is 36.4 Å². The SMILES string of the molecule is CCc1cc(C2CC2)cc(N2CCC(CC(C)c3cc(C4CC4)cc(C(F)(F)F)c3)C2)c1. The van der Waals surface area contributed by atoms with Crippen molar-refractivity contribution in [3.63, 3.8) is 0 Å². The average Bonchev–Trinajstić information content (AvgIpc) is 3.70. The highest BCUT2D eigenvalue weighted by molar-refractivity contribution is 5.53. The molecule has 172 valence electrons. The van der Waals surface area contributed by atoms with Crippen LogP contribution in [0.2, 0.25) is 0 Å². The third kappa shape index (κ3) is 4.84. The number of nitrogens with zero attached hydrogens (tertiary/aromatic N) is 1. The lowest BCUT2D eigenvalue weighted by molar-refractivity contribution is -0.137. The first-order valence-electron chi connectivity index (χ1n) is 12.4. The summed E-state index contributed by atoms with van der Waals surface area (Å²) in [6.07, 6.45) is 3.52. The second-order valence-electron chi connectivity index (χ2n) is 10.5. The van der Waals surface area contributed by atoms with E-state index < -0.39 is 11.7 Å². The molecule has 2 aliphatic carbocycles. The van der Waals surface area contributed by atoms with Gasteiger partial charge in [-0.15, -0.1) is 0 Å². The fraction of sp³-hybridized carbons (Fsp3) is 0.571. The Balaban J connectivity index is 1.29. The third-order valence-electron chi connectivity index (χ3n) is 7.72. The van der Waals surface area contributed by atoms with Crippen molar-refractivity contribution in [2.45, 2.75) is 82.7 Å². The van der Waals surface area contributed by atoms with E-state index in [1.54, 1.807) is 0 Å². The van der Waals surface area contributed by atoms with Gasteiger partial charge < -0.3 is 4.90 Å². The molecule has 2 saturated carbocycles. The molecular formula is C28H34F3N. The van der Waals surface area contributed by atoms with E-state index in [0.29, 0.717) is 11.8 Å². The van der Waals surface area contributed by atoms with Crippen LogP contribution in [0.1, 0.15) is 97.9 Å². The van der Waals surface area contributed by atoms with Gasteiger partial charge in [-0.2, -0.15) is 13.2 Å². The molecule has 1 nitrogen and oxygen atoms in total. The molecule has 5 rings (SSSR count). The summed E-state index contributed by atoms with van der Waals surface area (Å²) >= 11 is 0. The summed E-state index contributed by atoms with van der Waals surface area (Å²) in [5.74, 6) is 1.75. The Morgan fingerprint density at radius 3 is 2.22 bits per heavy atom. The lowest BCUT2D eigenvalue weighted by atomic mass is 9.87. The van der Waals surface area contributed by atoms with E-state index in [-0.39, 0.29) is 5.92 Å². The van der Waals surface area contributed by atoms with E-state index >= 15 is 0 Å². The molecule has 0 bridgehead atoms. The van der Waals surface area contributed by atoms with Crippen LogP contribution < -0.4 is 4.90 Å². The van der Waals surface area contributed by atoms with E-state index in [4.69, 9.17) is 0 Å². The Bertz CT molecular complexity index is 971. The van der Waals surface area contributed by atoms with Crippen molar-refractivity contribution in [1.29, 1.82) is 0 Å². The number of alkyl halides is 3. The molecule has 2 aromatic rings. The van der Waals surface area contributed by atoms with Crippen LogP contribution in [0.4, 0.5) is 18.9 Å². The van der Waals surface area contributed by atoms with Gasteiger partial charge in [0.05, 0.1) is 5.56 Å². The number of aryl methyl sites for hydroxylation is 1. The summed E-state index contributed by atoms with van der Waals surface area (Å²) in [6.45, 7) is 6.38. The highest BCUT2D eigenvalue weighted by Gasteiger charge is 2.34. The molecule has 3 fully saturated rings. The second-order valence-corrected chi connectivity index (χ2v) is 10.5. The van der Waals surface area contributed by atoms with Crippen molar-refractivity contribution in [2.75, 3.05) is 18.0 Å². The quantitative estimate of drug-likeness (QED) is 0.420. The summed E-state index contributed by atoms with van der Waals surface area (Å²) < 4.78 is 40.5. The number of halogens is 3. The van der Waals surface area contributed by atoms with Gasteiger partial charge in [-0.1, -0.05) is 26.0 Å². The summed E-state index contributed by atoms with van der Waals surface area (Å²) in [6, 6.07) is 11.9. The molecule has 0 amide bonds. The van der Waals surface area contributed by atoms with Crippen LogP contribution in [-0.4, -0.2) is 13.1 Å². The average molecular weight is 442 g/mol. The first-order valence-corrected chi connectivity index (χ1v) is 12.4. The standard InChI is InChI=1S/C28H34F3N/c1-3-19-11-24(21-4-5-21)16-27(12-19)32-9-8-20(17-32)10-18(2)23-13-25(22-6-7-22)15-26(14-23)28(29,30)31/h11-16,18,20-22H,3-10,17H2,1-2H3. The first kappa shape index (κ1) is 21.9. The van der Waals surface area contributed by atoms with E-state index in [2.05, 4.69) is 43.0 Å². The summed E-state index contributed by atoms with van der Waals surface area (Å²) in [4.78, 5) is 2.50. The molecule has 0 aromatic heterocycles. The van der Waals surface area contributed by atoms with Gasteiger partial charge in [0.1, 0.15) is 0 Å². The molecule has 1 aliphatic heterocycles. The highest BCUT2D eigenvalue weighted by Crippen LogP contribution is 2.45. The molecule has 0 radical (unpaired) electrons. The Morgan fingerprint density at radius 2 is 1.59 bits per heavy atom. The normalized spacial score (nSPS) is 22.4. The topological polar surface area (TPSA) is 3.24 Å². The van der Waals surface area contributed by atoms with Crippen LogP contribution in [0.5, 0.6) is 0 Å². The molecule has 32 heavy (non-hydrogen) atoms. The van der Waals surface area contributed by atoms with Crippen LogP contribution in [0.25, 0.3) is 0 Å². The first-order chi connectivity index (χ1) is 15.3. The number of rotatable bonds is 7. The highest BCUT2D eigenvalue weighted by atomic mass is 19.4. The van der Waals surface area contributed by atoms with Crippen molar-refractivity contribution in [2.24, 2.45) is 5.92 Å². The van der Waals surface area contributed by atoms with Gasteiger partial charge in [0.15, 0.2) is 0 Å². The van der Waals surface area contributed by atoms with Crippen molar-refractivity contribution in [1.82, 2.24) is 0 Å². The predicted octanol–water partition coefficient (Wildman–Crippen LogP) is 8.04. The smallest absolute Gasteiger partial charge is 0.371 e. The lowest BCUT2D eigenvalue weighted by Crippen LogP contribution is -2.20. The van der Waals surface area contributed by atoms with Crippen molar-refractivity contribution >= 4 is 5.69 Å².